The van der Waals surface area contributed by atoms with Crippen LogP contribution in [0.2, 0.25) is 0 Å². The number of fused-ring (bicyclic) bond motifs is 3. The molecule has 0 aliphatic carbocycles. The van der Waals surface area contributed by atoms with Crippen molar-refractivity contribution in [1.82, 2.24) is 9.97 Å². The van der Waals surface area contributed by atoms with Crippen molar-refractivity contribution < 1.29 is 14.3 Å². The van der Waals surface area contributed by atoms with Crippen molar-refractivity contribution in [3.8, 4) is 5.75 Å². The van der Waals surface area contributed by atoms with Gasteiger partial charge < -0.3 is 14.5 Å². The van der Waals surface area contributed by atoms with Crippen LogP contribution in [0.25, 0.3) is 21.8 Å². The van der Waals surface area contributed by atoms with Crippen LogP contribution in [0.15, 0.2) is 30.5 Å². The van der Waals surface area contributed by atoms with Crippen LogP contribution in [0.1, 0.15) is 20.8 Å². The first-order chi connectivity index (χ1) is 10.9. The quantitative estimate of drug-likeness (QED) is 0.747. The molecule has 0 aliphatic rings. The maximum absolute atomic E-state index is 12.0. The van der Waals surface area contributed by atoms with Crippen LogP contribution >= 0.6 is 0 Å². The Bertz CT molecular complexity index is 878. The predicted molar refractivity (Wildman–Crippen MR) is 90.0 cm³/mol. The van der Waals surface area contributed by atoms with Gasteiger partial charge in [0.15, 0.2) is 5.82 Å². The number of aromatic nitrogens is 2. The van der Waals surface area contributed by atoms with E-state index in [0.29, 0.717) is 5.82 Å². The molecule has 0 atom stereocenters. The lowest BCUT2D eigenvalue weighted by Gasteiger charge is -2.19. The number of anilines is 1. The lowest BCUT2D eigenvalue weighted by atomic mass is 10.2. The SMILES string of the molecule is COc1ccc2c(c1)[nH]c1c(NC(=O)OC(C)(C)C)nccc12. The number of carbonyl (C=O) groups is 1. The van der Waals surface area contributed by atoms with Crippen LogP contribution in [-0.4, -0.2) is 28.8 Å². The second kappa shape index (κ2) is 5.46. The Labute approximate surface area is 133 Å². The minimum Gasteiger partial charge on any atom is -0.497 e. The number of amides is 1. The molecular weight excluding hydrogens is 294 g/mol. The number of methoxy groups -OCH3 is 1. The van der Waals surface area contributed by atoms with Crippen molar-refractivity contribution in [3.05, 3.63) is 30.5 Å². The van der Waals surface area contributed by atoms with Gasteiger partial charge >= 0.3 is 6.09 Å². The van der Waals surface area contributed by atoms with E-state index in [1.807, 2.05) is 45.0 Å². The third kappa shape index (κ3) is 3.06. The lowest BCUT2D eigenvalue weighted by Crippen LogP contribution is -2.27. The Hall–Kier alpha value is -2.76. The molecule has 2 N–H and O–H groups in total. The monoisotopic (exact) mass is 313 g/mol. The Morgan fingerprint density at radius 2 is 2.00 bits per heavy atom. The van der Waals surface area contributed by atoms with Crippen LogP contribution in [0, 0.1) is 0 Å². The number of rotatable bonds is 2. The van der Waals surface area contributed by atoms with Gasteiger partial charge in [0.25, 0.3) is 0 Å². The zero-order valence-electron chi connectivity index (χ0n) is 13.6. The van der Waals surface area contributed by atoms with E-state index >= 15 is 0 Å². The molecule has 0 unspecified atom stereocenters. The summed E-state index contributed by atoms with van der Waals surface area (Å²) in [5, 5.41) is 4.71. The van der Waals surface area contributed by atoms with Gasteiger partial charge in [-0.2, -0.15) is 0 Å². The number of aromatic amines is 1. The molecular formula is C17H19N3O3. The van der Waals surface area contributed by atoms with E-state index in [1.54, 1.807) is 13.3 Å². The van der Waals surface area contributed by atoms with Crippen LogP contribution in [0.4, 0.5) is 10.6 Å². The fourth-order valence-corrected chi connectivity index (χ4v) is 2.43. The summed E-state index contributed by atoms with van der Waals surface area (Å²) >= 11 is 0. The maximum atomic E-state index is 12.0. The first-order valence-electron chi connectivity index (χ1n) is 7.32. The summed E-state index contributed by atoms with van der Waals surface area (Å²) < 4.78 is 10.5. The topological polar surface area (TPSA) is 76.2 Å². The summed E-state index contributed by atoms with van der Waals surface area (Å²) in [5.74, 6) is 1.20. The Balaban J connectivity index is 2.03. The minimum absolute atomic E-state index is 0.437. The van der Waals surface area contributed by atoms with Gasteiger partial charge in [0, 0.05) is 23.0 Å². The molecule has 1 amide bonds. The van der Waals surface area contributed by atoms with Crippen molar-refractivity contribution in [1.29, 1.82) is 0 Å². The summed E-state index contributed by atoms with van der Waals surface area (Å²) in [7, 11) is 1.63. The zero-order chi connectivity index (χ0) is 16.6. The Morgan fingerprint density at radius 1 is 1.22 bits per heavy atom. The number of pyridine rings is 1. The largest absolute Gasteiger partial charge is 0.497 e. The highest BCUT2D eigenvalue weighted by Gasteiger charge is 2.18. The second-order valence-corrected chi connectivity index (χ2v) is 6.25. The third-order valence-corrected chi connectivity index (χ3v) is 3.35. The molecule has 0 fully saturated rings. The van der Waals surface area contributed by atoms with Gasteiger partial charge in [0.2, 0.25) is 0 Å². The molecule has 0 radical (unpaired) electrons. The van der Waals surface area contributed by atoms with E-state index in [-0.39, 0.29) is 0 Å². The fraction of sp³-hybridized carbons (Fsp3) is 0.294. The number of ether oxygens (including phenoxy) is 2. The maximum Gasteiger partial charge on any atom is 0.413 e. The standard InChI is InChI=1S/C17H19N3O3/c1-17(2,3)23-16(21)20-15-14-12(7-8-18-15)11-6-5-10(22-4)9-13(11)19-14/h5-9,19H,1-4H3,(H,18,20,21). The number of nitrogens with one attached hydrogen (secondary N) is 2. The van der Waals surface area contributed by atoms with Gasteiger partial charge in [-0.15, -0.1) is 0 Å². The lowest BCUT2D eigenvalue weighted by molar-refractivity contribution is 0.0635. The molecule has 2 aromatic heterocycles. The molecule has 120 valence electrons. The molecule has 3 rings (SSSR count). The minimum atomic E-state index is -0.564. The van der Waals surface area contributed by atoms with Gasteiger partial charge in [0.05, 0.1) is 18.1 Å². The van der Waals surface area contributed by atoms with Crippen LogP contribution < -0.4 is 10.1 Å². The highest BCUT2D eigenvalue weighted by molar-refractivity contribution is 6.11. The molecule has 0 bridgehead atoms. The first kappa shape index (κ1) is 15.1. The van der Waals surface area contributed by atoms with Crippen molar-refractivity contribution in [3.63, 3.8) is 0 Å². The third-order valence-electron chi connectivity index (χ3n) is 3.35. The van der Waals surface area contributed by atoms with Crippen LogP contribution in [0.3, 0.4) is 0 Å². The number of nitrogens with zero attached hydrogens (tertiary/aromatic N) is 1. The highest BCUT2D eigenvalue weighted by Crippen LogP contribution is 2.31. The summed E-state index contributed by atoms with van der Waals surface area (Å²) in [5.41, 5.74) is 1.10. The van der Waals surface area contributed by atoms with E-state index in [0.717, 1.165) is 27.6 Å². The Kier molecular flexibility index (Phi) is 3.60. The van der Waals surface area contributed by atoms with Gasteiger partial charge in [-0.3, -0.25) is 5.32 Å². The summed E-state index contributed by atoms with van der Waals surface area (Å²) in [6, 6.07) is 7.69. The number of hydrogen-bond acceptors (Lipinski definition) is 4. The number of H-pyrrole nitrogens is 1. The molecule has 23 heavy (non-hydrogen) atoms. The molecule has 0 saturated heterocycles. The van der Waals surface area contributed by atoms with E-state index in [4.69, 9.17) is 9.47 Å². The normalized spacial score (nSPS) is 11.7. The molecule has 2 heterocycles. The molecule has 0 aliphatic heterocycles. The predicted octanol–water partition coefficient (Wildman–Crippen LogP) is 4.07. The van der Waals surface area contributed by atoms with Gasteiger partial charge in [-0.25, -0.2) is 9.78 Å². The van der Waals surface area contributed by atoms with E-state index in [9.17, 15) is 4.79 Å². The van der Waals surface area contributed by atoms with Gasteiger partial charge in [-0.05, 0) is 39.0 Å². The van der Waals surface area contributed by atoms with Crippen molar-refractivity contribution in [2.45, 2.75) is 26.4 Å². The summed E-state index contributed by atoms with van der Waals surface area (Å²) in [4.78, 5) is 19.5. The smallest absolute Gasteiger partial charge is 0.413 e. The summed E-state index contributed by atoms with van der Waals surface area (Å²) in [6.07, 6.45) is 1.13. The highest BCUT2D eigenvalue weighted by atomic mass is 16.6. The van der Waals surface area contributed by atoms with Crippen LogP contribution in [-0.2, 0) is 4.74 Å². The van der Waals surface area contributed by atoms with Crippen LogP contribution in [0.5, 0.6) is 5.75 Å². The van der Waals surface area contributed by atoms with Crippen molar-refractivity contribution in [2.24, 2.45) is 0 Å². The fourth-order valence-electron chi connectivity index (χ4n) is 2.43. The second-order valence-electron chi connectivity index (χ2n) is 6.25. The van der Waals surface area contributed by atoms with Gasteiger partial charge in [0.1, 0.15) is 11.4 Å². The number of hydrogen-bond donors (Lipinski definition) is 2. The van der Waals surface area contributed by atoms with E-state index in [1.165, 1.54) is 0 Å². The molecule has 6 nitrogen and oxygen atoms in total. The molecule has 6 heteroatoms. The average Bonchev–Trinajstić information content (AvgIpc) is 2.84. The summed E-state index contributed by atoms with van der Waals surface area (Å²) in [6.45, 7) is 5.45. The molecule has 1 aromatic carbocycles. The van der Waals surface area contributed by atoms with Crippen molar-refractivity contribution >= 4 is 33.7 Å². The molecule has 3 aromatic rings. The molecule has 0 spiro atoms. The Morgan fingerprint density at radius 3 is 2.70 bits per heavy atom. The van der Waals surface area contributed by atoms with E-state index in [2.05, 4.69) is 15.3 Å². The molecule has 0 saturated carbocycles. The number of benzene rings is 1. The van der Waals surface area contributed by atoms with Gasteiger partial charge in [-0.1, -0.05) is 0 Å². The first-order valence-corrected chi connectivity index (χ1v) is 7.32. The average molecular weight is 313 g/mol. The zero-order valence-corrected chi connectivity index (χ0v) is 13.6. The number of carbonyl (C=O) groups excluding carboxylic acids is 1. The van der Waals surface area contributed by atoms with Crippen molar-refractivity contribution in [2.75, 3.05) is 12.4 Å². The van der Waals surface area contributed by atoms with E-state index < -0.39 is 11.7 Å².